The van der Waals surface area contributed by atoms with E-state index >= 15 is 0 Å². The van der Waals surface area contributed by atoms with Gasteiger partial charge in [0, 0.05) is 7.11 Å². The van der Waals surface area contributed by atoms with Crippen molar-refractivity contribution in [3.63, 3.8) is 0 Å². The van der Waals surface area contributed by atoms with Crippen LogP contribution in [-0.2, 0) is 14.8 Å². The van der Waals surface area contributed by atoms with Gasteiger partial charge in [-0.2, -0.15) is 0 Å². The van der Waals surface area contributed by atoms with E-state index in [9.17, 15) is 12.8 Å². The molecule has 0 fully saturated rings. The minimum absolute atomic E-state index is 0.0192. The Kier molecular flexibility index (Phi) is 5.24. The molecule has 1 aromatic rings. The molecule has 19 heavy (non-hydrogen) atoms. The van der Waals surface area contributed by atoms with Crippen molar-refractivity contribution in [2.24, 2.45) is 0 Å². The number of benzene rings is 1. The maximum Gasteiger partial charge on any atom is 0.241 e. The zero-order chi connectivity index (χ0) is 14.6. The van der Waals surface area contributed by atoms with Crippen molar-refractivity contribution in [2.75, 3.05) is 26.1 Å². The molecule has 0 spiro atoms. The molecule has 1 aromatic carbocycles. The molecule has 1 rings (SSSR count). The van der Waals surface area contributed by atoms with E-state index in [1.165, 1.54) is 20.1 Å². The molecule has 0 heterocycles. The lowest BCUT2D eigenvalue weighted by atomic mass is 10.2. The van der Waals surface area contributed by atoms with E-state index in [1.54, 1.807) is 0 Å². The zero-order valence-corrected chi connectivity index (χ0v) is 11.5. The molecule has 108 valence electrons. The lowest BCUT2D eigenvalue weighted by Gasteiger charge is -2.16. The Morgan fingerprint density at radius 2 is 2.16 bits per heavy atom. The van der Waals surface area contributed by atoms with Gasteiger partial charge in [-0.1, -0.05) is 0 Å². The smallest absolute Gasteiger partial charge is 0.241 e. The first-order valence-corrected chi connectivity index (χ1v) is 6.98. The van der Waals surface area contributed by atoms with E-state index in [2.05, 4.69) is 4.72 Å². The van der Waals surface area contributed by atoms with Crippen molar-refractivity contribution in [3.8, 4) is 0 Å². The Morgan fingerprint density at radius 1 is 1.53 bits per heavy atom. The van der Waals surface area contributed by atoms with Crippen LogP contribution in [0.1, 0.15) is 5.56 Å². The van der Waals surface area contributed by atoms with Gasteiger partial charge in [-0.15, -0.1) is 0 Å². The summed E-state index contributed by atoms with van der Waals surface area (Å²) in [7, 11) is -2.51. The minimum Gasteiger partial charge on any atom is -0.396 e. The van der Waals surface area contributed by atoms with Crippen LogP contribution in [0.3, 0.4) is 0 Å². The first-order chi connectivity index (χ1) is 8.81. The number of nitrogen functional groups attached to an aromatic ring is 1. The van der Waals surface area contributed by atoms with Crippen LogP contribution in [0.15, 0.2) is 17.0 Å². The van der Waals surface area contributed by atoms with Crippen LogP contribution in [0.2, 0.25) is 0 Å². The van der Waals surface area contributed by atoms with Gasteiger partial charge in [-0.3, -0.25) is 0 Å². The summed E-state index contributed by atoms with van der Waals surface area (Å²) in [6.45, 7) is 1.03. The molecule has 1 atom stereocenters. The van der Waals surface area contributed by atoms with E-state index in [0.717, 1.165) is 6.07 Å². The summed E-state index contributed by atoms with van der Waals surface area (Å²) in [5, 5.41) is 9.03. The highest BCUT2D eigenvalue weighted by atomic mass is 32.2. The Hall–Kier alpha value is -1.22. The fourth-order valence-corrected chi connectivity index (χ4v) is 2.86. The second kappa shape index (κ2) is 6.29. The number of hydrogen-bond donors (Lipinski definition) is 3. The lowest BCUT2D eigenvalue weighted by molar-refractivity contribution is 0.139. The molecule has 0 aliphatic rings. The number of hydrogen-bond acceptors (Lipinski definition) is 5. The Balaban J connectivity index is 3.07. The van der Waals surface area contributed by atoms with Gasteiger partial charge in [0.25, 0.3) is 0 Å². The van der Waals surface area contributed by atoms with Gasteiger partial charge in [0.2, 0.25) is 10.0 Å². The molecule has 0 amide bonds. The lowest BCUT2D eigenvalue weighted by Crippen LogP contribution is -2.40. The standard InChI is InChI=1S/C11H17FN2O4S/c1-7-3-9(4-10(13)11(7)12)19(16,17)14-8(5-15)6-18-2/h3-4,8,14-15H,5-6,13H2,1-2H3. The molecule has 0 saturated carbocycles. The largest absolute Gasteiger partial charge is 0.396 e. The number of nitrogens with two attached hydrogens (primary N) is 1. The predicted octanol–water partition coefficient (Wildman–Crippen LogP) is 0.00192. The first-order valence-electron chi connectivity index (χ1n) is 5.49. The number of anilines is 1. The summed E-state index contributed by atoms with van der Waals surface area (Å²) < 4.78 is 44.4. The van der Waals surface area contributed by atoms with E-state index in [1.807, 2.05) is 0 Å². The van der Waals surface area contributed by atoms with Crippen molar-refractivity contribution in [1.82, 2.24) is 4.72 Å². The van der Waals surface area contributed by atoms with Crippen molar-refractivity contribution >= 4 is 15.7 Å². The number of aliphatic hydroxyl groups is 1. The number of nitrogens with one attached hydrogen (secondary N) is 1. The fourth-order valence-electron chi connectivity index (χ4n) is 1.53. The molecular formula is C11H17FN2O4S. The van der Waals surface area contributed by atoms with Crippen LogP contribution in [0, 0.1) is 12.7 Å². The van der Waals surface area contributed by atoms with E-state index < -0.39 is 28.5 Å². The predicted molar refractivity (Wildman–Crippen MR) is 68.6 cm³/mol. The second-order valence-corrected chi connectivity index (χ2v) is 5.81. The Morgan fingerprint density at radius 3 is 2.63 bits per heavy atom. The highest BCUT2D eigenvalue weighted by Crippen LogP contribution is 2.20. The third kappa shape index (κ3) is 3.87. The van der Waals surface area contributed by atoms with Crippen LogP contribution in [-0.4, -0.2) is 39.9 Å². The third-order valence-corrected chi connectivity index (χ3v) is 3.98. The van der Waals surface area contributed by atoms with E-state index in [-0.39, 0.29) is 22.8 Å². The molecule has 0 bridgehead atoms. The number of ether oxygens (including phenoxy) is 1. The number of aliphatic hydroxyl groups excluding tert-OH is 1. The average Bonchev–Trinajstić information content (AvgIpc) is 2.34. The summed E-state index contributed by atoms with van der Waals surface area (Å²) in [6, 6.07) is 1.43. The maximum atomic E-state index is 13.3. The van der Waals surface area contributed by atoms with Crippen molar-refractivity contribution in [2.45, 2.75) is 17.9 Å². The molecule has 0 radical (unpaired) electrons. The monoisotopic (exact) mass is 292 g/mol. The quantitative estimate of drug-likeness (QED) is 0.641. The summed E-state index contributed by atoms with van der Waals surface area (Å²) in [4.78, 5) is -0.154. The molecule has 8 heteroatoms. The number of rotatable bonds is 6. The van der Waals surface area contributed by atoms with Gasteiger partial charge in [0.15, 0.2) is 0 Å². The maximum absolute atomic E-state index is 13.3. The van der Waals surface area contributed by atoms with E-state index in [0.29, 0.717) is 0 Å². The Labute approximate surface area is 111 Å². The normalized spacial score (nSPS) is 13.5. The molecule has 0 aliphatic heterocycles. The van der Waals surface area contributed by atoms with Crippen LogP contribution >= 0.6 is 0 Å². The van der Waals surface area contributed by atoms with Crippen molar-refractivity contribution in [1.29, 1.82) is 0 Å². The highest BCUT2D eigenvalue weighted by molar-refractivity contribution is 7.89. The minimum atomic E-state index is -3.89. The zero-order valence-electron chi connectivity index (χ0n) is 10.7. The molecular weight excluding hydrogens is 275 g/mol. The molecule has 1 unspecified atom stereocenters. The van der Waals surface area contributed by atoms with Gasteiger partial charge in [-0.05, 0) is 24.6 Å². The van der Waals surface area contributed by atoms with Crippen LogP contribution in [0.25, 0.3) is 0 Å². The molecule has 0 aromatic heterocycles. The number of halogens is 1. The van der Waals surface area contributed by atoms with Gasteiger partial charge in [0.05, 0.1) is 29.8 Å². The molecule has 6 nitrogen and oxygen atoms in total. The highest BCUT2D eigenvalue weighted by Gasteiger charge is 2.21. The SMILES string of the molecule is COCC(CO)NS(=O)(=O)c1cc(C)c(F)c(N)c1. The number of aryl methyl sites for hydroxylation is 1. The van der Waals surface area contributed by atoms with Crippen molar-refractivity contribution < 1.29 is 22.7 Å². The number of sulfonamides is 1. The third-order valence-electron chi connectivity index (χ3n) is 2.48. The summed E-state index contributed by atoms with van der Waals surface area (Å²) in [5.74, 6) is -0.644. The summed E-state index contributed by atoms with van der Waals surface area (Å²) >= 11 is 0. The molecule has 0 aliphatic carbocycles. The van der Waals surface area contributed by atoms with Crippen LogP contribution in [0.5, 0.6) is 0 Å². The summed E-state index contributed by atoms with van der Waals surface area (Å²) in [6.07, 6.45) is 0. The van der Waals surface area contributed by atoms with Gasteiger partial charge in [0.1, 0.15) is 5.82 Å². The van der Waals surface area contributed by atoms with Gasteiger partial charge in [-0.25, -0.2) is 17.5 Å². The molecule has 0 saturated heterocycles. The topological polar surface area (TPSA) is 102 Å². The van der Waals surface area contributed by atoms with Gasteiger partial charge >= 0.3 is 0 Å². The average molecular weight is 292 g/mol. The molecule has 4 N–H and O–H groups in total. The Bertz CT molecular complexity index is 525. The van der Waals surface area contributed by atoms with Crippen molar-refractivity contribution in [3.05, 3.63) is 23.5 Å². The van der Waals surface area contributed by atoms with Crippen LogP contribution < -0.4 is 10.5 Å². The van der Waals surface area contributed by atoms with E-state index in [4.69, 9.17) is 15.6 Å². The van der Waals surface area contributed by atoms with Crippen LogP contribution in [0.4, 0.5) is 10.1 Å². The fraction of sp³-hybridized carbons (Fsp3) is 0.455. The summed E-state index contributed by atoms with van der Waals surface area (Å²) in [5.41, 5.74) is 5.29. The van der Waals surface area contributed by atoms with Gasteiger partial charge < -0.3 is 15.6 Å². The first kappa shape index (κ1) is 15.8. The second-order valence-electron chi connectivity index (χ2n) is 4.10. The number of methoxy groups -OCH3 is 1.